The minimum atomic E-state index is -0.706. The summed E-state index contributed by atoms with van der Waals surface area (Å²) in [6.07, 6.45) is 6.08. The number of carbonyl (C=O) groups excluding carboxylic acids is 1. The fraction of sp³-hybridized carbons (Fsp3) is 0.500. The summed E-state index contributed by atoms with van der Waals surface area (Å²) in [5, 5.41) is 12.8. The lowest BCUT2D eigenvalue weighted by atomic mass is 9.94. The average molecular weight is 303 g/mol. The van der Waals surface area contributed by atoms with Crippen molar-refractivity contribution in [1.82, 2.24) is 5.32 Å². The molecule has 1 amide bonds. The highest BCUT2D eigenvalue weighted by molar-refractivity contribution is 5.78. The Morgan fingerprint density at radius 3 is 2.73 bits per heavy atom. The van der Waals surface area contributed by atoms with Gasteiger partial charge in [-0.1, -0.05) is 30.4 Å². The molecular weight excluding hydrogens is 278 g/mol. The maximum absolute atomic E-state index is 12.0. The lowest BCUT2D eigenvalue weighted by molar-refractivity contribution is -0.125. The molecule has 22 heavy (non-hydrogen) atoms. The number of hydrogen-bond donors (Lipinski definition) is 2. The zero-order valence-electron chi connectivity index (χ0n) is 13.3. The van der Waals surface area contributed by atoms with Crippen molar-refractivity contribution < 1.29 is 14.6 Å². The first-order valence-corrected chi connectivity index (χ1v) is 7.87. The SMILES string of the molecule is Cc1cccc(C)c1OC[C@H](O)CNC(=O)[C@H]1CC=CCC1. The van der Waals surface area contributed by atoms with Crippen LogP contribution in [0.2, 0.25) is 0 Å². The van der Waals surface area contributed by atoms with Crippen molar-refractivity contribution in [2.24, 2.45) is 5.92 Å². The van der Waals surface area contributed by atoms with Crippen LogP contribution in [0, 0.1) is 19.8 Å². The van der Waals surface area contributed by atoms with Crippen molar-refractivity contribution in [1.29, 1.82) is 0 Å². The van der Waals surface area contributed by atoms with Crippen LogP contribution < -0.4 is 10.1 Å². The van der Waals surface area contributed by atoms with Crippen molar-refractivity contribution in [2.75, 3.05) is 13.2 Å². The van der Waals surface area contributed by atoms with E-state index in [1.807, 2.05) is 38.1 Å². The number of allylic oxidation sites excluding steroid dienone is 2. The summed E-state index contributed by atoms with van der Waals surface area (Å²) in [6.45, 7) is 4.36. The van der Waals surface area contributed by atoms with Gasteiger partial charge in [0.1, 0.15) is 18.5 Å². The molecule has 1 aromatic rings. The third-order valence-corrected chi connectivity index (χ3v) is 3.98. The van der Waals surface area contributed by atoms with E-state index >= 15 is 0 Å². The zero-order valence-corrected chi connectivity index (χ0v) is 13.3. The zero-order chi connectivity index (χ0) is 15.9. The molecule has 1 aliphatic carbocycles. The van der Waals surface area contributed by atoms with Crippen molar-refractivity contribution in [2.45, 2.75) is 39.2 Å². The van der Waals surface area contributed by atoms with Crippen LogP contribution >= 0.6 is 0 Å². The number of aliphatic hydroxyl groups excluding tert-OH is 1. The topological polar surface area (TPSA) is 58.6 Å². The second-order valence-corrected chi connectivity index (χ2v) is 5.91. The predicted octanol–water partition coefficient (Wildman–Crippen LogP) is 2.52. The molecule has 0 bridgehead atoms. The number of rotatable bonds is 6. The van der Waals surface area contributed by atoms with Crippen molar-refractivity contribution in [3.63, 3.8) is 0 Å². The van der Waals surface area contributed by atoms with Crippen LogP contribution in [-0.2, 0) is 4.79 Å². The van der Waals surface area contributed by atoms with Gasteiger partial charge in [-0.3, -0.25) is 4.79 Å². The van der Waals surface area contributed by atoms with Crippen molar-refractivity contribution >= 4 is 5.91 Å². The van der Waals surface area contributed by atoms with Gasteiger partial charge in [0.05, 0.1) is 0 Å². The number of nitrogens with one attached hydrogen (secondary N) is 1. The molecule has 120 valence electrons. The average Bonchev–Trinajstić information content (AvgIpc) is 2.53. The highest BCUT2D eigenvalue weighted by atomic mass is 16.5. The van der Waals surface area contributed by atoms with Gasteiger partial charge in [-0.15, -0.1) is 0 Å². The molecule has 4 nitrogen and oxygen atoms in total. The molecule has 2 atom stereocenters. The molecule has 4 heteroatoms. The largest absolute Gasteiger partial charge is 0.490 e. The summed E-state index contributed by atoms with van der Waals surface area (Å²) in [5.74, 6) is 0.873. The molecular formula is C18H25NO3. The van der Waals surface area contributed by atoms with Gasteiger partial charge in [-0.05, 0) is 44.2 Å². The first kappa shape index (κ1) is 16.6. The number of benzene rings is 1. The van der Waals surface area contributed by atoms with Gasteiger partial charge >= 0.3 is 0 Å². The standard InChI is InChI=1S/C18H25NO3/c1-13-7-6-8-14(2)17(13)22-12-16(20)11-19-18(21)15-9-4-3-5-10-15/h3-4,6-8,15-16,20H,5,9-12H2,1-2H3,(H,19,21)/t15-,16+/m0/s1. The molecule has 0 saturated carbocycles. The van der Waals surface area contributed by atoms with E-state index in [0.29, 0.717) is 0 Å². The molecule has 2 N–H and O–H groups in total. The van der Waals surface area contributed by atoms with E-state index < -0.39 is 6.10 Å². The van der Waals surface area contributed by atoms with Crippen molar-refractivity contribution in [3.8, 4) is 5.75 Å². The fourth-order valence-electron chi connectivity index (χ4n) is 2.66. The molecule has 0 spiro atoms. The Labute approximate surface area is 132 Å². The number of ether oxygens (including phenoxy) is 1. The molecule has 0 aliphatic heterocycles. The van der Waals surface area contributed by atoms with Gasteiger partial charge in [0.25, 0.3) is 0 Å². The van der Waals surface area contributed by atoms with E-state index in [4.69, 9.17) is 4.74 Å². The van der Waals surface area contributed by atoms with E-state index in [-0.39, 0.29) is 25.0 Å². The van der Waals surface area contributed by atoms with E-state index in [9.17, 15) is 9.90 Å². The second kappa shape index (κ2) is 7.99. The van der Waals surface area contributed by atoms with Gasteiger partial charge in [0.15, 0.2) is 0 Å². The molecule has 0 saturated heterocycles. The van der Waals surface area contributed by atoms with E-state index in [2.05, 4.69) is 11.4 Å². The Morgan fingerprint density at radius 2 is 2.09 bits per heavy atom. The summed E-state index contributed by atoms with van der Waals surface area (Å²) in [6, 6.07) is 5.94. The normalized spacial score (nSPS) is 18.8. The third-order valence-electron chi connectivity index (χ3n) is 3.98. The fourth-order valence-corrected chi connectivity index (χ4v) is 2.66. The summed E-state index contributed by atoms with van der Waals surface area (Å²) in [4.78, 5) is 12.0. The first-order valence-electron chi connectivity index (χ1n) is 7.87. The molecule has 0 aromatic heterocycles. The lowest BCUT2D eigenvalue weighted by Crippen LogP contribution is -2.38. The minimum absolute atomic E-state index is 0.0236. The van der Waals surface area contributed by atoms with Crippen LogP contribution in [-0.4, -0.2) is 30.3 Å². The van der Waals surface area contributed by atoms with E-state index in [1.54, 1.807) is 0 Å². The molecule has 2 rings (SSSR count). The van der Waals surface area contributed by atoms with Crippen LogP contribution in [0.3, 0.4) is 0 Å². The highest BCUT2D eigenvalue weighted by Crippen LogP contribution is 2.22. The van der Waals surface area contributed by atoms with Gasteiger partial charge < -0.3 is 15.2 Å². The number of para-hydroxylation sites is 1. The number of aliphatic hydroxyl groups is 1. The smallest absolute Gasteiger partial charge is 0.223 e. The van der Waals surface area contributed by atoms with E-state index in [0.717, 1.165) is 36.1 Å². The monoisotopic (exact) mass is 303 g/mol. The summed E-state index contributed by atoms with van der Waals surface area (Å²) < 4.78 is 5.69. The van der Waals surface area contributed by atoms with Gasteiger partial charge in [-0.2, -0.15) is 0 Å². The summed E-state index contributed by atoms with van der Waals surface area (Å²) in [5.41, 5.74) is 2.09. The maximum Gasteiger partial charge on any atom is 0.223 e. The molecule has 0 heterocycles. The quantitative estimate of drug-likeness (QED) is 0.794. The molecule has 1 aliphatic rings. The molecule has 0 unspecified atom stereocenters. The van der Waals surface area contributed by atoms with Gasteiger partial charge in [0.2, 0.25) is 5.91 Å². The van der Waals surface area contributed by atoms with Crippen LogP contribution in [0.25, 0.3) is 0 Å². The first-order chi connectivity index (χ1) is 10.6. The Hall–Kier alpha value is -1.81. The Morgan fingerprint density at radius 1 is 1.36 bits per heavy atom. The molecule has 0 radical (unpaired) electrons. The van der Waals surface area contributed by atoms with E-state index in [1.165, 1.54) is 0 Å². The Balaban J connectivity index is 1.75. The number of carbonyl (C=O) groups is 1. The predicted molar refractivity (Wildman–Crippen MR) is 86.9 cm³/mol. The second-order valence-electron chi connectivity index (χ2n) is 5.91. The van der Waals surface area contributed by atoms with Crippen LogP contribution in [0.15, 0.2) is 30.4 Å². The molecule has 1 aromatic carbocycles. The van der Waals surface area contributed by atoms with Gasteiger partial charge in [0, 0.05) is 12.5 Å². The summed E-state index contributed by atoms with van der Waals surface area (Å²) in [7, 11) is 0. The van der Waals surface area contributed by atoms with Gasteiger partial charge in [-0.25, -0.2) is 0 Å². The Kier molecular flexibility index (Phi) is 6.01. The van der Waals surface area contributed by atoms with Crippen LogP contribution in [0.1, 0.15) is 30.4 Å². The minimum Gasteiger partial charge on any atom is -0.490 e. The number of amides is 1. The maximum atomic E-state index is 12.0. The van der Waals surface area contributed by atoms with Crippen LogP contribution in [0.5, 0.6) is 5.75 Å². The lowest BCUT2D eigenvalue weighted by Gasteiger charge is -2.19. The van der Waals surface area contributed by atoms with Crippen molar-refractivity contribution in [3.05, 3.63) is 41.5 Å². The number of hydrogen-bond acceptors (Lipinski definition) is 3. The highest BCUT2D eigenvalue weighted by Gasteiger charge is 2.19. The molecule has 0 fully saturated rings. The van der Waals surface area contributed by atoms with Crippen LogP contribution in [0.4, 0.5) is 0 Å². The Bertz CT molecular complexity index is 519. The summed E-state index contributed by atoms with van der Waals surface area (Å²) >= 11 is 0. The third kappa shape index (κ3) is 4.60. The number of aryl methyl sites for hydroxylation is 2.